The number of hydrogen-bond donors (Lipinski definition) is 0. The number of anilines is 1. The van der Waals surface area contributed by atoms with Crippen molar-refractivity contribution in [2.24, 2.45) is 5.41 Å². The molecular weight excluding hydrogens is 641 g/mol. The zero-order valence-electron chi connectivity index (χ0n) is 26.3. The molecule has 1 aromatic heterocycles. The first kappa shape index (κ1) is 32.2. The molecule has 2 saturated heterocycles. The highest BCUT2D eigenvalue weighted by atomic mass is 35.5. The van der Waals surface area contributed by atoms with E-state index in [0.717, 1.165) is 32.5 Å². The molecule has 3 aromatic carbocycles. The first-order valence-electron chi connectivity index (χ1n) is 16.1. The Bertz CT molecular complexity index is 1970. The maximum atomic E-state index is 16.8. The molecule has 4 aromatic rings. The van der Waals surface area contributed by atoms with Crippen LogP contribution in [-0.2, 0) is 4.79 Å². The van der Waals surface area contributed by atoms with Crippen LogP contribution in [0.1, 0.15) is 25.7 Å². The van der Waals surface area contributed by atoms with E-state index in [1.165, 1.54) is 23.8 Å². The maximum absolute atomic E-state index is 16.8. The number of carbonyl (C=O) groups is 1. The lowest BCUT2D eigenvalue weighted by molar-refractivity contribution is -0.131. The van der Waals surface area contributed by atoms with Crippen molar-refractivity contribution in [3.05, 3.63) is 82.9 Å². The fraction of sp³-hybridized carbons (Fsp3) is 0.389. The van der Waals surface area contributed by atoms with Gasteiger partial charge in [0, 0.05) is 47.9 Å². The minimum absolute atomic E-state index is 0.00549. The molecule has 48 heavy (non-hydrogen) atoms. The molecule has 3 heterocycles. The SMILES string of the molecule is [C-]#[N+]C[C@H]1CN(c2nc(OCC3(CN4CCCC4)CC3)nc3c(F)c(-c4cccc5ccc(F)c(Cl)c45)ccc23)CCN1C(=O)C(=C)F. The van der Waals surface area contributed by atoms with Gasteiger partial charge in [-0.05, 0) is 61.9 Å². The topological polar surface area (TPSA) is 66.2 Å². The van der Waals surface area contributed by atoms with Gasteiger partial charge < -0.3 is 24.3 Å². The van der Waals surface area contributed by atoms with Crippen LogP contribution < -0.4 is 9.64 Å². The zero-order valence-corrected chi connectivity index (χ0v) is 27.1. The first-order chi connectivity index (χ1) is 23.2. The highest BCUT2D eigenvalue weighted by molar-refractivity contribution is 6.37. The molecule has 1 aliphatic carbocycles. The molecule has 2 aliphatic heterocycles. The Labute approximate surface area is 281 Å². The third-order valence-electron chi connectivity index (χ3n) is 9.79. The Morgan fingerprint density at radius 2 is 1.85 bits per heavy atom. The molecule has 8 nitrogen and oxygen atoms in total. The van der Waals surface area contributed by atoms with E-state index in [4.69, 9.17) is 27.9 Å². The van der Waals surface area contributed by atoms with E-state index in [9.17, 15) is 13.6 Å². The lowest BCUT2D eigenvalue weighted by atomic mass is 9.96. The largest absolute Gasteiger partial charge is 0.463 e. The molecule has 12 heteroatoms. The molecule has 0 radical (unpaired) electrons. The summed E-state index contributed by atoms with van der Waals surface area (Å²) in [5.41, 5.74) is 0.608. The highest BCUT2D eigenvalue weighted by Crippen LogP contribution is 2.47. The second-order valence-electron chi connectivity index (χ2n) is 13.0. The van der Waals surface area contributed by atoms with Gasteiger partial charge in [-0.3, -0.25) is 4.79 Å². The van der Waals surface area contributed by atoms with Gasteiger partial charge in [-0.25, -0.2) is 19.7 Å². The third kappa shape index (κ3) is 6.03. The number of nitrogens with zero attached hydrogens (tertiary/aromatic N) is 6. The van der Waals surface area contributed by atoms with E-state index >= 15 is 4.39 Å². The summed E-state index contributed by atoms with van der Waals surface area (Å²) < 4.78 is 51.5. The monoisotopic (exact) mass is 674 g/mol. The van der Waals surface area contributed by atoms with Crippen molar-refractivity contribution in [1.82, 2.24) is 19.8 Å². The third-order valence-corrected chi connectivity index (χ3v) is 10.2. The number of fused-ring (bicyclic) bond motifs is 2. The van der Waals surface area contributed by atoms with Gasteiger partial charge in [0.25, 0.3) is 5.91 Å². The Morgan fingerprint density at radius 3 is 2.58 bits per heavy atom. The van der Waals surface area contributed by atoms with Crippen molar-refractivity contribution in [1.29, 1.82) is 0 Å². The number of piperazine rings is 1. The van der Waals surface area contributed by atoms with Crippen LogP contribution >= 0.6 is 11.6 Å². The molecule has 3 fully saturated rings. The summed E-state index contributed by atoms with van der Waals surface area (Å²) in [6, 6.07) is 10.8. The van der Waals surface area contributed by atoms with Gasteiger partial charge in [0.2, 0.25) is 6.54 Å². The molecule has 7 rings (SSSR count). The predicted molar refractivity (Wildman–Crippen MR) is 180 cm³/mol. The van der Waals surface area contributed by atoms with Crippen LogP contribution in [0.5, 0.6) is 6.01 Å². The Morgan fingerprint density at radius 1 is 1.06 bits per heavy atom. The van der Waals surface area contributed by atoms with Crippen molar-refractivity contribution in [2.45, 2.75) is 31.7 Å². The summed E-state index contributed by atoms with van der Waals surface area (Å²) in [6.07, 6.45) is 4.43. The van der Waals surface area contributed by atoms with E-state index < -0.39 is 29.4 Å². The van der Waals surface area contributed by atoms with Crippen LogP contribution in [0, 0.1) is 23.6 Å². The summed E-state index contributed by atoms with van der Waals surface area (Å²) in [5, 5.41) is 1.35. The fourth-order valence-electron chi connectivity index (χ4n) is 7.06. The molecule has 1 atom stereocenters. The summed E-state index contributed by atoms with van der Waals surface area (Å²) >= 11 is 6.42. The molecule has 0 bridgehead atoms. The number of carbonyl (C=O) groups excluding carboxylic acids is 1. The Kier molecular flexibility index (Phi) is 8.64. The van der Waals surface area contributed by atoms with Gasteiger partial charge in [0.05, 0.1) is 11.6 Å². The number of amides is 1. The molecule has 248 valence electrons. The second-order valence-corrected chi connectivity index (χ2v) is 13.4. The quantitative estimate of drug-likeness (QED) is 0.140. The van der Waals surface area contributed by atoms with Crippen LogP contribution in [-0.4, -0.2) is 84.1 Å². The number of ether oxygens (including phenoxy) is 1. The van der Waals surface area contributed by atoms with E-state index in [-0.39, 0.29) is 53.7 Å². The number of benzene rings is 3. The first-order valence-corrected chi connectivity index (χ1v) is 16.5. The van der Waals surface area contributed by atoms with Crippen molar-refractivity contribution in [2.75, 3.05) is 57.3 Å². The van der Waals surface area contributed by atoms with E-state index in [0.29, 0.717) is 34.1 Å². The van der Waals surface area contributed by atoms with Crippen LogP contribution in [0.25, 0.3) is 37.6 Å². The highest BCUT2D eigenvalue weighted by Gasteiger charge is 2.45. The summed E-state index contributed by atoms with van der Waals surface area (Å²) in [4.78, 5) is 31.0. The molecule has 0 spiro atoms. The molecule has 1 amide bonds. The van der Waals surface area contributed by atoms with Gasteiger partial charge in [-0.1, -0.05) is 48.5 Å². The number of halogens is 4. The number of rotatable bonds is 9. The molecular formula is C36H34ClF3N6O2. The standard InChI is InChI=1S/C36H34ClF3N6O2/c1-22(38)34(47)46-17-16-45(19-24(46)18-41-2)33-27-10-9-26(25-7-5-6-23-8-11-28(39)30(37)29(23)25)31(40)32(27)42-35(43-33)48-21-36(12-13-36)20-44-14-3-4-15-44/h5-11,24H,1,3-4,12-21H2/t24-/m0/s1. The molecule has 1 saturated carbocycles. The Balaban J connectivity index is 1.30. The van der Waals surface area contributed by atoms with E-state index in [1.807, 2.05) is 4.90 Å². The Hall–Kier alpha value is -4.40. The number of aromatic nitrogens is 2. The minimum atomic E-state index is -1.09. The smallest absolute Gasteiger partial charge is 0.319 e. The second kappa shape index (κ2) is 12.9. The predicted octanol–water partition coefficient (Wildman–Crippen LogP) is 7.06. The van der Waals surface area contributed by atoms with Crippen molar-refractivity contribution < 1.29 is 22.7 Å². The fourth-order valence-corrected chi connectivity index (χ4v) is 7.34. The average Bonchev–Trinajstić information content (AvgIpc) is 3.66. The lowest BCUT2D eigenvalue weighted by Crippen LogP contribution is -2.56. The van der Waals surface area contributed by atoms with Crippen molar-refractivity contribution >= 4 is 45.0 Å². The number of hydrogen-bond acceptors (Lipinski definition) is 6. The summed E-state index contributed by atoms with van der Waals surface area (Å²) in [7, 11) is 0. The number of likely N-dealkylation sites (tertiary alicyclic amines) is 1. The molecule has 0 N–H and O–H groups in total. The van der Waals surface area contributed by atoms with Gasteiger partial charge in [-0.15, -0.1) is 0 Å². The van der Waals surface area contributed by atoms with Crippen molar-refractivity contribution in [3.63, 3.8) is 0 Å². The average molecular weight is 675 g/mol. The van der Waals surface area contributed by atoms with E-state index in [1.54, 1.807) is 36.4 Å². The normalized spacial score (nSPS) is 19.1. The van der Waals surface area contributed by atoms with Gasteiger partial charge >= 0.3 is 6.01 Å². The van der Waals surface area contributed by atoms with E-state index in [2.05, 4.69) is 21.3 Å². The molecule has 3 aliphatic rings. The summed E-state index contributed by atoms with van der Waals surface area (Å²) in [5.74, 6) is -2.81. The van der Waals surface area contributed by atoms with Crippen molar-refractivity contribution in [3.8, 4) is 17.1 Å². The minimum Gasteiger partial charge on any atom is -0.463 e. The summed E-state index contributed by atoms with van der Waals surface area (Å²) in [6.45, 7) is 14.5. The van der Waals surface area contributed by atoms with Gasteiger partial charge in [-0.2, -0.15) is 9.97 Å². The van der Waals surface area contributed by atoms with Crippen LogP contribution in [0.4, 0.5) is 19.0 Å². The van der Waals surface area contributed by atoms with Gasteiger partial charge in [0.1, 0.15) is 23.2 Å². The van der Waals surface area contributed by atoms with Gasteiger partial charge in [0.15, 0.2) is 11.6 Å². The lowest BCUT2D eigenvalue weighted by Gasteiger charge is -2.39. The zero-order chi connectivity index (χ0) is 33.6. The maximum Gasteiger partial charge on any atom is 0.319 e. The van der Waals surface area contributed by atoms with Crippen LogP contribution in [0.2, 0.25) is 5.02 Å². The van der Waals surface area contributed by atoms with Crippen LogP contribution in [0.15, 0.2) is 54.9 Å². The van der Waals surface area contributed by atoms with Crippen LogP contribution in [0.3, 0.4) is 0 Å². The molecule has 0 unspecified atom stereocenters.